The Morgan fingerprint density at radius 3 is 2.45 bits per heavy atom. The van der Waals surface area contributed by atoms with Crippen LogP contribution in [0.5, 0.6) is 0 Å². The van der Waals surface area contributed by atoms with Crippen molar-refractivity contribution in [3.05, 3.63) is 77.9 Å². The van der Waals surface area contributed by atoms with E-state index in [2.05, 4.69) is 64.9 Å². The molecule has 22 heavy (non-hydrogen) atoms. The third-order valence-corrected chi connectivity index (χ3v) is 3.54. The van der Waals surface area contributed by atoms with Gasteiger partial charge in [-0.1, -0.05) is 54.1 Å². The highest BCUT2D eigenvalue weighted by Crippen LogP contribution is 2.18. The maximum Gasteiger partial charge on any atom is 0.148 e. The molecular weight excluding hydrogens is 270 g/mol. The first-order chi connectivity index (χ1) is 10.8. The lowest BCUT2D eigenvalue weighted by molar-refractivity contribution is 0.970. The van der Waals surface area contributed by atoms with Gasteiger partial charge in [0.25, 0.3) is 0 Å². The zero-order valence-corrected chi connectivity index (χ0v) is 12.7. The van der Waals surface area contributed by atoms with Crippen molar-refractivity contribution < 1.29 is 0 Å². The normalized spacial score (nSPS) is 10.4. The van der Waals surface area contributed by atoms with Crippen LogP contribution in [0, 0.1) is 6.92 Å². The summed E-state index contributed by atoms with van der Waals surface area (Å²) in [6, 6.07) is 22.7. The van der Waals surface area contributed by atoms with E-state index in [9.17, 15) is 0 Å². The van der Waals surface area contributed by atoms with Gasteiger partial charge in [0.1, 0.15) is 5.82 Å². The molecule has 0 saturated carbocycles. The molecule has 0 spiro atoms. The SMILES string of the molecule is Cc1cccc(-c2ccc(NCCc3ccccc3)nn2)c1. The molecule has 1 heterocycles. The summed E-state index contributed by atoms with van der Waals surface area (Å²) < 4.78 is 0. The second kappa shape index (κ2) is 6.85. The van der Waals surface area contributed by atoms with E-state index in [1.54, 1.807) is 0 Å². The minimum atomic E-state index is 0.812. The average molecular weight is 289 g/mol. The summed E-state index contributed by atoms with van der Waals surface area (Å²) in [6.07, 6.45) is 0.974. The summed E-state index contributed by atoms with van der Waals surface area (Å²) in [6.45, 7) is 2.93. The summed E-state index contributed by atoms with van der Waals surface area (Å²) in [7, 11) is 0. The van der Waals surface area contributed by atoms with E-state index in [4.69, 9.17) is 0 Å². The summed E-state index contributed by atoms with van der Waals surface area (Å²) in [5, 5.41) is 11.9. The Morgan fingerprint density at radius 2 is 1.73 bits per heavy atom. The monoisotopic (exact) mass is 289 g/mol. The van der Waals surface area contributed by atoms with Crippen molar-refractivity contribution in [1.29, 1.82) is 0 Å². The molecule has 0 aliphatic rings. The van der Waals surface area contributed by atoms with Crippen molar-refractivity contribution in [3.63, 3.8) is 0 Å². The number of hydrogen-bond acceptors (Lipinski definition) is 3. The Labute approximate surface area is 131 Å². The van der Waals surface area contributed by atoms with E-state index < -0.39 is 0 Å². The second-order valence-electron chi connectivity index (χ2n) is 5.34. The van der Waals surface area contributed by atoms with Gasteiger partial charge in [-0.15, -0.1) is 10.2 Å². The predicted molar refractivity (Wildman–Crippen MR) is 90.8 cm³/mol. The van der Waals surface area contributed by atoms with Gasteiger partial charge in [-0.05, 0) is 37.1 Å². The molecule has 3 rings (SSSR count). The first kappa shape index (κ1) is 14.3. The van der Waals surface area contributed by atoms with Crippen LogP contribution in [-0.2, 0) is 6.42 Å². The number of benzene rings is 2. The maximum atomic E-state index is 4.30. The van der Waals surface area contributed by atoms with Crippen LogP contribution in [0.3, 0.4) is 0 Å². The first-order valence-electron chi connectivity index (χ1n) is 7.50. The average Bonchev–Trinajstić information content (AvgIpc) is 2.56. The standard InChI is InChI=1S/C19H19N3/c1-15-6-5-9-17(14-15)18-10-11-19(22-21-18)20-13-12-16-7-3-2-4-8-16/h2-11,14H,12-13H2,1H3,(H,20,22). The number of rotatable bonds is 5. The molecule has 0 fully saturated rings. The highest BCUT2D eigenvalue weighted by atomic mass is 15.2. The molecule has 1 aromatic heterocycles. The number of nitrogens with one attached hydrogen (secondary N) is 1. The van der Waals surface area contributed by atoms with Crippen LogP contribution in [0.4, 0.5) is 5.82 Å². The van der Waals surface area contributed by atoms with Crippen molar-refractivity contribution in [2.45, 2.75) is 13.3 Å². The van der Waals surface area contributed by atoms with Gasteiger partial charge in [0, 0.05) is 12.1 Å². The molecule has 0 amide bonds. The maximum absolute atomic E-state index is 4.30. The van der Waals surface area contributed by atoms with Crippen molar-refractivity contribution in [1.82, 2.24) is 10.2 Å². The van der Waals surface area contributed by atoms with Gasteiger partial charge >= 0.3 is 0 Å². The van der Waals surface area contributed by atoms with Crippen molar-refractivity contribution in [3.8, 4) is 11.3 Å². The summed E-state index contributed by atoms with van der Waals surface area (Å²) in [5.74, 6) is 0.812. The molecule has 0 radical (unpaired) electrons. The van der Waals surface area contributed by atoms with Crippen LogP contribution in [0.2, 0.25) is 0 Å². The Bertz CT molecular complexity index is 721. The fraction of sp³-hybridized carbons (Fsp3) is 0.158. The highest BCUT2D eigenvalue weighted by Gasteiger charge is 2.01. The van der Waals surface area contributed by atoms with E-state index in [1.807, 2.05) is 24.3 Å². The lowest BCUT2D eigenvalue weighted by Crippen LogP contribution is -2.06. The van der Waals surface area contributed by atoms with E-state index in [-0.39, 0.29) is 0 Å². The molecule has 0 saturated heterocycles. The molecule has 0 unspecified atom stereocenters. The van der Waals surface area contributed by atoms with Crippen LogP contribution >= 0.6 is 0 Å². The van der Waals surface area contributed by atoms with Crippen molar-refractivity contribution in [2.75, 3.05) is 11.9 Å². The molecule has 3 nitrogen and oxygen atoms in total. The highest BCUT2D eigenvalue weighted by molar-refractivity contribution is 5.60. The van der Waals surface area contributed by atoms with Gasteiger partial charge in [-0.2, -0.15) is 0 Å². The molecule has 1 N–H and O–H groups in total. The van der Waals surface area contributed by atoms with E-state index in [0.717, 1.165) is 30.0 Å². The number of aromatic nitrogens is 2. The van der Waals surface area contributed by atoms with Crippen LogP contribution in [0.1, 0.15) is 11.1 Å². The third-order valence-electron chi connectivity index (χ3n) is 3.54. The fourth-order valence-corrected chi connectivity index (χ4v) is 2.36. The van der Waals surface area contributed by atoms with Crippen LogP contribution in [0.25, 0.3) is 11.3 Å². The van der Waals surface area contributed by atoms with Gasteiger partial charge in [0.2, 0.25) is 0 Å². The molecule has 0 bridgehead atoms. The third kappa shape index (κ3) is 3.70. The Morgan fingerprint density at radius 1 is 0.864 bits per heavy atom. The Balaban J connectivity index is 1.60. The van der Waals surface area contributed by atoms with E-state index in [0.29, 0.717) is 0 Å². The fourth-order valence-electron chi connectivity index (χ4n) is 2.36. The molecule has 0 atom stereocenters. The number of hydrogen-bond donors (Lipinski definition) is 1. The predicted octanol–water partition coefficient (Wildman–Crippen LogP) is 4.11. The van der Waals surface area contributed by atoms with Gasteiger partial charge in [0.05, 0.1) is 5.69 Å². The molecule has 2 aromatic carbocycles. The molecule has 0 aliphatic carbocycles. The Kier molecular flexibility index (Phi) is 4.44. The minimum absolute atomic E-state index is 0.812. The molecule has 0 aliphatic heterocycles. The van der Waals surface area contributed by atoms with Gasteiger partial charge < -0.3 is 5.32 Å². The van der Waals surface area contributed by atoms with Gasteiger partial charge in [0.15, 0.2) is 0 Å². The van der Waals surface area contributed by atoms with Crippen LogP contribution in [0.15, 0.2) is 66.7 Å². The number of aryl methyl sites for hydroxylation is 1. The molecule has 110 valence electrons. The lowest BCUT2D eigenvalue weighted by atomic mass is 10.1. The number of nitrogens with zero attached hydrogens (tertiary/aromatic N) is 2. The Hall–Kier alpha value is -2.68. The zero-order chi connectivity index (χ0) is 15.2. The molecule has 3 heteroatoms. The smallest absolute Gasteiger partial charge is 0.148 e. The van der Waals surface area contributed by atoms with Gasteiger partial charge in [-0.3, -0.25) is 0 Å². The summed E-state index contributed by atoms with van der Waals surface area (Å²) in [5.41, 5.74) is 4.55. The van der Waals surface area contributed by atoms with Gasteiger partial charge in [-0.25, -0.2) is 0 Å². The zero-order valence-electron chi connectivity index (χ0n) is 12.7. The van der Waals surface area contributed by atoms with Crippen molar-refractivity contribution in [2.24, 2.45) is 0 Å². The summed E-state index contributed by atoms with van der Waals surface area (Å²) >= 11 is 0. The molecular formula is C19H19N3. The molecule has 3 aromatic rings. The summed E-state index contributed by atoms with van der Waals surface area (Å²) in [4.78, 5) is 0. The van der Waals surface area contributed by atoms with Crippen LogP contribution in [-0.4, -0.2) is 16.7 Å². The van der Waals surface area contributed by atoms with E-state index in [1.165, 1.54) is 11.1 Å². The van der Waals surface area contributed by atoms with Crippen molar-refractivity contribution >= 4 is 5.82 Å². The quantitative estimate of drug-likeness (QED) is 0.768. The largest absolute Gasteiger partial charge is 0.368 e. The second-order valence-corrected chi connectivity index (χ2v) is 5.34. The first-order valence-corrected chi connectivity index (χ1v) is 7.50. The van der Waals surface area contributed by atoms with E-state index >= 15 is 0 Å². The minimum Gasteiger partial charge on any atom is -0.368 e. The lowest BCUT2D eigenvalue weighted by Gasteiger charge is -2.06. The van der Waals surface area contributed by atoms with Crippen LogP contribution < -0.4 is 5.32 Å². The topological polar surface area (TPSA) is 37.8 Å². The number of anilines is 1.